The van der Waals surface area contributed by atoms with Gasteiger partial charge in [0, 0.05) is 24.7 Å². The summed E-state index contributed by atoms with van der Waals surface area (Å²) in [6.45, 7) is 0.449. The van der Waals surface area contributed by atoms with Crippen molar-refractivity contribution < 1.29 is 9.59 Å². The van der Waals surface area contributed by atoms with Gasteiger partial charge in [0.25, 0.3) is 5.91 Å². The molecular weight excluding hydrogens is 254 g/mol. The van der Waals surface area contributed by atoms with Crippen molar-refractivity contribution in [2.75, 3.05) is 12.3 Å². The zero-order chi connectivity index (χ0) is 13.1. The van der Waals surface area contributed by atoms with Crippen LogP contribution in [0.3, 0.4) is 0 Å². The van der Waals surface area contributed by atoms with Gasteiger partial charge in [0.15, 0.2) is 0 Å². The molecule has 0 bridgehead atoms. The van der Waals surface area contributed by atoms with E-state index in [0.29, 0.717) is 35.7 Å². The molecule has 2 amide bonds. The van der Waals surface area contributed by atoms with Crippen LogP contribution in [0.25, 0.3) is 0 Å². The summed E-state index contributed by atoms with van der Waals surface area (Å²) < 4.78 is 0. The van der Waals surface area contributed by atoms with Gasteiger partial charge < -0.3 is 16.4 Å². The first-order valence-electron chi connectivity index (χ1n) is 5.69. The van der Waals surface area contributed by atoms with E-state index in [1.165, 1.54) is 0 Å². The molecule has 1 aliphatic heterocycles. The Hall–Kier alpha value is -1.75. The maximum Gasteiger partial charge on any atom is 0.253 e. The monoisotopic (exact) mass is 267 g/mol. The molecule has 96 valence electrons. The molecule has 1 saturated heterocycles. The number of amides is 2. The van der Waals surface area contributed by atoms with E-state index in [0.717, 1.165) is 0 Å². The molecule has 1 fully saturated rings. The number of benzene rings is 1. The van der Waals surface area contributed by atoms with E-state index in [1.54, 1.807) is 18.2 Å². The van der Waals surface area contributed by atoms with Crippen LogP contribution in [0.1, 0.15) is 23.2 Å². The van der Waals surface area contributed by atoms with Crippen LogP contribution in [0.5, 0.6) is 0 Å². The molecule has 2 rings (SSSR count). The number of nitrogens with one attached hydrogen (secondary N) is 2. The van der Waals surface area contributed by atoms with Gasteiger partial charge in [-0.3, -0.25) is 9.59 Å². The molecule has 5 nitrogen and oxygen atoms in total. The number of carbonyl (C=O) groups excluding carboxylic acids is 2. The van der Waals surface area contributed by atoms with Crippen LogP contribution in [-0.4, -0.2) is 24.4 Å². The molecule has 4 N–H and O–H groups in total. The van der Waals surface area contributed by atoms with Crippen LogP contribution in [-0.2, 0) is 4.79 Å². The van der Waals surface area contributed by atoms with Crippen LogP contribution in [0.2, 0.25) is 5.02 Å². The van der Waals surface area contributed by atoms with E-state index in [2.05, 4.69) is 10.6 Å². The lowest BCUT2D eigenvalue weighted by atomic mass is 10.1. The second-order valence-corrected chi connectivity index (χ2v) is 4.66. The summed E-state index contributed by atoms with van der Waals surface area (Å²) in [5.74, 6) is -0.254. The number of hydrogen-bond acceptors (Lipinski definition) is 3. The molecule has 1 aromatic carbocycles. The van der Waals surface area contributed by atoms with Gasteiger partial charge in [0.05, 0.1) is 10.6 Å². The van der Waals surface area contributed by atoms with E-state index in [-0.39, 0.29) is 17.9 Å². The largest absolute Gasteiger partial charge is 0.399 e. The Morgan fingerprint density at radius 2 is 2.28 bits per heavy atom. The van der Waals surface area contributed by atoms with Gasteiger partial charge in [0.1, 0.15) is 0 Å². The van der Waals surface area contributed by atoms with E-state index >= 15 is 0 Å². The number of nitrogen functional groups attached to an aromatic ring is 1. The summed E-state index contributed by atoms with van der Waals surface area (Å²) >= 11 is 5.95. The van der Waals surface area contributed by atoms with E-state index in [1.807, 2.05) is 0 Å². The summed E-state index contributed by atoms with van der Waals surface area (Å²) in [5.41, 5.74) is 6.46. The molecule has 0 radical (unpaired) electrons. The molecule has 18 heavy (non-hydrogen) atoms. The molecule has 0 aromatic heterocycles. The van der Waals surface area contributed by atoms with Crippen molar-refractivity contribution >= 4 is 29.1 Å². The van der Waals surface area contributed by atoms with E-state index < -0.39 is 0 Å². The fraction of sp³-hybridized carbons (Fsp3) is 0.333. The fourth-order valence-corrected chi connectivity index (χ4v) is 2.04. The first-order chi connectivity index (χ1) is 8.56. The molecule has 1 aliphatic rings. The third kappa shape index (κ3) is 2.92. The maximum absolute atomic E-state index is 12.0. The lowest BCUT2D eigenvalue weighted by Gasteiger charge is -2.23. The van der Waals surface area contributed by atoms with Gasteiger partial charge in [-0.15, -0.1) is 0 Å². The highest BCUT2D eigenvalue weighted by atomic mass is 35.5. The summed E-state index contributed by atoms with van der Waals surface area (Å²) in [6.07, 6.45) is 1.06. The van der Waals surface area contributed by atoms with Gasteiger partial charge in [0.2, 0.25) is 5.91 Å². The SMILES string of the molecule is Nc1ccc(Cl)c(C(=O)NC2CCC(=O)NC2)c1. The van der Waals surface area contributed by atoms with Crippen LogP contribution in [0.4, 0.5) is 5.69 Å². The fourth-order valence-electron chi connectivity index (χ4n) is 1.84. The minimum atomic E-state index is -0.270. The summed E-state index contributed by atoms with van der Waals surface area (Å²) in [7, 11) is 0. The lowest BCUT2D eigenvalue weighted by molar-refractivity contribution is -0.122. The molecule has 1 heterocycles. The molecule has 6 heteroatoms. The second-order valence-electron chi connectivity index (χ2n) is 4.25. The number of nitrogens with two attached hydrogens (primary N) is 1. The standard InChI is InChI=1S/C12H14ClN3O2/c13-10-3-1-7(14)5-9(10)12(18)16-8-2-4-11(17)15-6-8/h1,3,5,8H,2,4,6,14H2,(H,15,17)(H,16,18). The first-order valence-corrected chi connectivity index (χ1v) is 6.06. The quantitative estimate of drug-likeness (QED) is 0.697. The Kier molecular flexibility index (Phi) is 3.72. The molecule has 0 spiro atoms. The van der Waals surface area contributed by atoms with Crippen LogP contribution >= 0.6 is 11.6 Å². The average Bonchev–Trinajstić information content (AvgIpc) is 2.35. The average molecular weight is 268 g/mol. The minimum Gasteiger partial charge on any atom is -0.399 e. The first kappa shape index (κ1) is 12.7. The zero-order valence-corrected chi connectivity index (χ0v) is 10.5. The van der Waals surface area contributed by atoms with Crippen molar-refractivity contribution in [1.82, 2.24) is 10.6 Å². The van der Waals surface area contributed by atoms with Gasteiger partial charge in [-0.2, -0.15) is 0 Å². The van der Waals surface area contributed by atoms with Crippen molar-refractivity contribution in [2.24, 2.45) is 0 Å². The van der Waals surface area contributed by atoms with Crippen molar-refractivity contribution in [3.8, 4) is 0 Å². The predicted molar refractivity (Wildman–Crippen MR) is 69.4 cm³/mol. The highest BCUT2D eigenvalue weighted by Gasteiger charge is 2.21. The van der Waals surface area contributed by atoms with Crippen molar-refractivity contribution in [3.63, 3.8) is 0 Å². The second kappa shape index (κ2) is 5.27. The highest BCUT2D eigenvalue weighted by Crippen LogP contribution is 2.19. The lowest BCUT2D eigenvalue weighted by Crippen LogP contribution is -2.47. The Morgan fingerprint density at radius 3 is 2.94 bits per heavy atom. The molecule has 1 atom stereocenters. The van der Waals surface area contributed by atoms with Crippen molar-refractivity contribution in [1.29, 1.82) is 0 Å². The number of anilines is 1. The maximum atomic E-state index is 12.0. The summed E-state index contributed by atoms with van der Waals surface area (Å²) in [4.78, 5) is 23.0. The Labute approximate surface area is 110 Å². The van der Waals surface area contributed by atoms with Crippen LogP contribution < -0.4 is 16.4 Å². The third-order valence-corrected chi connectivity index (χ3v) is 3.17. The van der Waals surface area contributed by atoms with Crippen molar-refractivity contribution in [3.05, 3.63) is 28.8 Å². The smallest absolute Gasteiger partial charge is 0.253 e. The molecular formula is C12H14ClN3O2. The normalized spacial score (nSPS) is 19.2. The van der Waals surface area contributed by atoms with Crippen molar-refractivity contribution in [2.45, 2.75) is 18.9 Å². The van der Waals surface area contributed by atoms with Gasteiger partial charge >= 0.3 is 0 Å². The number of halogens is 1. The van der Waals surface area contributed by atoms with E-state index in [9.17, 15) is 9.59 Å². The third-order valence-electron chi connectivity index (χ3n) is 2.84. The number of piperidine rings is 1. The predicted octanol–water partition coefficient (Wildman–Crippen LogP) is 0.931. The van der Waals surface area contributed by atoms with E-state index in [4.69, 9.17) is 17.3 Å². The van der Waals surface area contributed by atoms with Crippen LogP contribution in [0, 0.1) is 0 Å². The topological polar surface area (TPSA) is 84.2 Å². The Morgan fingerprint density at radius 1 is 1.50 bits per heavy atom. The van der Waals surface area contributed by atoms with Gasteiger partial charge in [-0.05, 0) is 24.6 Å². The van der Waals surface area contributed by atoms with Gasteiger partial charge in [-0.25, -0.2) is 0 Å². The number of hydrogen-bond donors (Lipinski definition) is 3. The van der Waals surface area contributed by atoms with Gasteiger partial charge in [-0.1, -0.05) is 11.6 Å². The molecule has 1 unspecified atom stereocenters. The number of carbonyl (C=O) groups is 2. The highest BCUT2D eigenvalue weighted by molar-refractivity contribution is 6.34. The zero-order valence-electron chi connectivity index (χ0n) is 9.70. The Bertz CT molecular complexity index is 480. The Balaban J connectivity index is 2.03. The van der Waals surface area contributed by atoms with Crippen LogP contribution in [0.15, 0.2) is 18.2 Å². The minimum absolute atomic E-state index is 0.0162. The summed E-state index contributed by atoms with van der Waals surface area (Å²) in [5, 5.41) is 5.90. The molecule has 0 saturated carbocycles. The number of rotatable bonds is 2. The molecule has 0 aliphatic carbocycles. The molecule has 1 aromatic rings. The summed E-state index contributed by atoms with van der Waals surface area (Å²) in [6, 6.07) is 4.71.